The fourth-order valence-electron chi connectivity index (χ4n) is 1.81. The normalized spacial score (nSPS) is 10.4. The molecule has 1 rings (SSSR count). The first-order chi connectivity index (χ1) is 7.81. The molecule has 0 saturated carbocycles. The van der Waals surface area contributed by atoms with Gasteiger partial charge in [-0.1, -0.05) is 37.1 Å². The Bertz CT molecular complexity index is 352. The highest BCUT2D eigenvalue weighted by molar-refractivity contribution is 5.26. The van der Waals surface area contributed by atoms with Crippen LogP contribution in [-0.4, -0.2) is 18.0 Å². The molecule has 0 fully saturated rings. The van der Waals surface area contributed by atoms with Gasteiger partial charge in [-0.3, -0.25) is 4.90 Å². The number of rotatable bonds is 6. The average Bonchev–Trinajstić information content (AvgIpc) is 2.30. The number of terminal acetylenes is 1. The lowest BCUT2D eigenvalue weighted by Gasteiger charge is -2.20. The molecular weight excluding hydrogens is 196 g/mol. The van der Waals surface area contributed by atoms with E-state index in [-0.39, 0.29) is 0 Å². The highest BCUT2D eigenvalue weighted by Gasteiger charge is 2.06. The highest BCUT2D eigenvalue weighted by atomic mass is 15.1. The zero-order valence-electron chi connectivity index (χ0n) is 9.95. The van der Waals surface area contributed by atoms with Gasteiger partial charge >= 0.3 is 0 Å². The Labute approximate surface area is 98.4 Å². The molecule has 0 radical (unpaired) electrons. The molecule has 1 aromatic rings. The largest absolute Gasteiger partial charge is 0.326 e. The smallest absolute Gasteiger partial charge is 0.0601 e. The third-order valence-corrected chi connectivity index (χ3v) is 2.59. The number of hydrogen-bond donors (Lipinski definition) is 1. The molecule has 0 atom stereocenters. The second-order valence-corrected chi connectivity index (χ2v) is 3.89. The van der Waals surface area contributed by atoms with Crippen molar-refractivity contribution in [2.45, 2.75) is 26.4 Å². The molecule has 0 amide bonds. The Kier molecular flexibility index (Phi) is 5.63. The molecule has 86 valence electrons. The molecule has 2 heteroatoms. The zero-order chi connectivity index (χ0) is 11.8. The molecular formula is C14H20N2. The van der Waals surface area contributed by atoms with E-state index in [1.54, 1.807) is 0 Å². The van der Waals surface area contributed by atoms with Crippen molar-refractivity contribution in [1.82, 2.24) is 4.90 Å². The van der Waals surface area contributed by atoms with Gasteiger partial charge in [0.2, 0.25) is 0 Å². The first-order valence-electron chi connectivity index (χ1n) is 5.74. The van der Waals surface area contributed by atoms with Crippen LogP contribution in [0.2, 0.25) is 0 Å². The van der Waals surface area contributed by atoms with Gasteiger partial charge in [0.15, 0.2) is 0 Å². The van der Waals surface area contributed by atoms with Crippen LogP contribution < -0.4 is 5.73 Å². The van der Waals surface area contributed by atoms with Crippen molar-refractivity contribution in [3.05, 3.63) is 35.4 Å². The summed E-state index contributed by atoms with van der Waals surface area (Å²) in [5.41, 5.74) is 8.21. The first-order valence-corrected chi connectivity index (χ1v) is 5.74. The summed E-state index contributed by atoms with van der Waals surface area (Å²) < 4.78 is 0. The number of benzene rings is 1. The highest BCUT2D eigenvalue weighted by Crippen LogP contribution is 2.11. The van der Waals surface area contributed by atoms with Crippen molar-refractivity contribution < 1.29 is 0 Å². The summed E-state index contributed by atoms with van der Waals surface area (Å²) in [5.74, 6) is 2.71. The summed E-state index contributed by atoms with van der Waals surface area (Å²) >= 11 is 0. The summed E-state index contributed by atoms with van der Waals surface area (Å²) in [5, 5.41) is 0. The van der Waals surface area contributed by atoms with Crippen LogP contribution in [-0.2, 0) is 13.1 Å². The van der Waals surface area contributed by atoms with Crippen molar-refractivity contribution in [1.29, 1.82) is 0 Å². The predicted octanol–water partition coefficient (Wildman–Crippen LogP) is 1.99. The summed E-state index contributed by atoms with van der Waals surface area (Å²) in [6, 6.07) is 8.28. The third kappa shape index (κ3) is 3.69. The zero-order valence-corrected chi connectivity index (χ0v) is 9.95. The lowest BCUT2D eigenvalue weighted by Crippen LogP contribution is -2.25. The lowest BCUT2D eigenvalue weighted by molar-refractivity contribution is 0.299. The topological polar surface area (TPSA) is 29.3 Å². The SMILES string of the molecule is C#CCN(CCC)Cc1ccccc1CN. The minimum Gasteiger partial charge on any atom is -0.326 e. The fourth-order valence-corrected chi connectivity index (χ4v) is 1.81. The van der Waals surface area contributed by atoms with E-state index in [9.17, 15) is 0 Å². The Balaban J connectivity index is 2.72. The fraction of sp³-hybridized carbons (Fsp3) is 0.429. The number of hydrogen-bond acceptors (Lipinski definition) is 2. The van der Waals surface area contributed by atoms with Crippen molar-refractivity contribution in [3.8, 4) is 12.3 Å². The minimum absolute atomic E-state index is 0.589. The quantitative estimate of drug-likeness (QED) is 0.737. The van der Waals surface area contributed by atoms with E-state index in [0.717, 1.165) is 19.5 Å². The molecule has 1 aromatic carbocycles. The predicted molar refractivity (Wildman–Crippen MR) is 68.7 cm³/mol. The molecule has 0 unspecified atom stereocenters. The van der Waals surface area contributed by atoms with Crippen LogP contribution in [0.15, 0.2) is 24.3 Å². The van der Waals surface area contributed by atoms with Crippen molar-refractivity contribution in [2.24, 2.45) is 5.73 Å². The Morgan fingerprint density at radius 2 is 2.00 bits per heavy atom. The summed E-state index contributed by atoms with van der Waals surface area (Å²) in [4.78, 5) is 2.27. The molecule has 0 aliphatic carbocycles. The second-order valence-electron chi connectivity index (χ2n) is 3.89. The average molecular weight is 216 g/mol. The van der Waals surface area contributed by atoms with Crippen LogP contribution >= 0.6 is 0 Å². The molecule has 16 heavy (non-hydrogen) atoms. The van der Waals surface area contributed by atoms with Crippen molar-refractivity contribution >= 4 is 0 Å². The molecule has 0 heterocycles. The van der Waals surface area contributed by atoms with Crippen LogP contribution in [0.1, 0.15) is 24.5 Å². The van der Waals surface area contributed by atoms with Gasteiger partial charge in [-0.2, -0.15) is 0 Å². The van der Waals surface area contributed by atoms with E-state index >= 15 is 0 Å². The van der Waals surface area contributed by atoms with Crippen LogP contribution in [0.3, 0.4) is 0 Å². The van der Waals surface area contributed by atoms with Gasteiger partial charge in [-0.05, 0) is 24.1 Å². The molecule has 0 aliphatic rings. The molecule has 0 aromatic heterocycles. The van der Waals surface area contributed by atoms with Crippen LogP contribution in [0.5, 0.6) is 0 Å². The van der Waals surface area contributed by atoms with Crippen LogP contribution in [0, 0.1) is 12.3 Å². The Morgan fingerprint density at radius 1 is 1.31 bits per heavy atom. The van der Waals surface area contributed by atoms with Gasteiger partial charge in [0.25, 0.3) is 0 Å². The summed E-state index contributed by atoms with van der Waals surface area (Å²) in [6.07, 6.45) is 6.49. The monoisotopic (exact) mass is 216 g/mol. The summed E-state index contributed by atoms with van der Waals surface area (Å²) in [6.45, 7) is 5.38. The van der Waals surface area contributed by atoms with Crippen LogP contribution in [0.4, 0.5) is 0 Å². The molecule has 0 bridgehead atoms. The van der Waals surface area contributed by atoms with Gasteiger partial charge in [0.1, 0.15) is 0 Å². The Morgan fingerprint density at radius 3 is 2.56 bits per heavy atom. The van der Waals surface area contributed by atoms with Gasteiger partial charge < -0.3 is 5.73 Å². The third-order valence-electron chi connectivity index (χ3n) is 2.59. The van der Waals surface area contributed by atoms with E-state index in [2.05, 4.69) is 35.9 Å². The van der Waals surface area contributed by atoms with Gasteiger partial charge in [0.05, 0.1) is 6.54 Å². The van der Waals surface area contributed by atoms with E-state index in [4.69, 9.17) is 12.2 Å². The molecule has 2 nitrogen and oxygen atoms in total. The van der Waals surface area contributed by atoms with E-state index in [0.29, 0.717) is 13.1 Å². The van der Waals surface area contributed by atoms with E-state index in [1.807, 2.05) is 6.07 Å². The number of nitrogens with two attached hydrogens (primary N) is 1. The molecule has 0 spiro atoms. The van der Waals surface area contributed by atoms with Gasteiger partial charge in [-0.15, -0.1) is 6.42 Å². The maximum Gasteiger partial charge on any atom is 0.0601 e. The maximum atomic E-state index is 5.72. The summed E-state index contributed by atoms with van der Waals surface area (Å²) in [7, 11) is 0. The van der Waals surface area contributed by atoms with E-state index < -0.39 is 0 Å². The maximum absolute atomic E-state index is 5.72. The molecule has 2 N–H and O–H groups in total. The second kappa shape index (κ2) is 7.05. The minimum atomic E-state index is 0.589. The van der Waals surface area contributed by atoms with Crippen LogP contribution in [0.25, 0.3) is 0 Å². The lowest BCUT2D eigenvalue weighted by atomic mass is 10.1. The van der Waals surface area contributed by atoms with Gasteiger partial charge in [0, 0.05) is 13.1 Å². The van der Waals surface area contributed by atoms with Crippen molar-refractivity contribution in [3.63, 3.8) is 0 Å². The van der Waals surface area contributed by atoms with Gasteiger partial charge in [-0.25, -0.2) is 0 Å². The standard InChI is InChI=1S/C14H20N2/c1-3-9-16(10-4-2)12-14-8-6-5-7-13(14)11-15/h1,5-8H,4,9-12,15H2,2H3. The Hall–Kier alpha value is -1.30. The molecule has 0 saturated heterocycles. The van der Waals surface area contributed by atoms with E-state index in [1.165, 1.54) is 11.1 Å². The van der Waals surface area contributed by atoms with Crippen molar-refractivity contribution in [2.75, 3.05) is 13.1 Å². The first kappa shape index (κ1) is 12.8. The molecule has 0 aliphatic heterocycles. The number of nitrogens with zero attached hydrogens (tertiary/aromatic N) is 1.